The van der Waals surface area contributed by atoms with Gasteiger partial charge in [0.25, 0.3) is 10.0 Å². The number of hydrogen-bond acceptors (Lipinski definition) is 3. The Bertz CT molecular complexity index is 672. The fourth-order valence-electron chi connectivity index (χ4n) is 1.54. The van der Waals surface area contributed by atoms with Crippen molar-refractivity contribution in [1.82, 2.24) is 0 Å². The van der Waals surface area contributed by atoms with Gasteiger partial charge >= 0.3 is 0 Å². The number of methoxy groups -OCH3 is 1. The molecule has 19 heavy (non-hydrogen) atoms. The molecule has 0 spiro atoms. The van der Waals surface area contributed by atoms with E-state index in [1.807, 2.05) is 0 Å². The number of benzene rings is 2. The van der Waals surface area contributed by atoms with Gasteiger partial charge in [0, 0.05) is 6.07 Å². The average Bonchev–Trinajstić information content (AvgIpc) is 2.42. The van der Waals surface area contributed by atoms with Gasteiger partial charge in [-0.05, 0) is 40.2 Å². The van der Waals surface area contributed by atoms with Crippen molar-refractivity contribution in [3.63, 3.8) is 0 Å². The third kappa shape index (κ3) is 3.27. The summed E-state index contributed by atoms with van der Waals surface area (Å²) in [6, 6.07) is 13.2. The molecular formula is C13H12BrNO3S. The van der Waals surface area contributed by atoms with E-state index < -0.39 is 10.0 Å². The van der Waals surface area contributed by atoms with Crippen LogP contribution < -0.4 is 9.46 Å². The van der Waals surface area contributed by atoms with E-state index in [1.165, 1.54) is 7.11 Å². The Morgan fingerprint density at radius 3 is 2.42 bits per heavy atom. The fraction of sp³-hybridized carbons (Fsp3) is 0.0769. The highest BCUT2D eigenvalue weighted by Gasteiger charge is 2.14. The zero-order valence-corrected chi connectivity index (χ0v) is 12.5. The average molecular weight is 342 g/mol. The summed E-state index contributed by atoms with van der Waals surface area (Å²) in [6.07, 6.45) is 0. The van der Waals surface area contributed by atoms with Crippen molar-refractivity contribution in [3.05, 3.63) is 53.0 Å². The van der Waals surface area contributed by atoms with Crippen molar-refractivity contribution in [3.8, 4) is 5.75 Å². The summed E-state index contributed by atoms with van der Waals surface area (Å²) in [5, 5.41) is 0. The molecule has 0 aliphatic rings. The molecule has 0 unspecified atom stereocenters. The van der Waals surface area contributed by atoms with Crippen LogP contribution in [-0.2, 0) is 10.0 Å². The monoisotopic (exact) mass is 341 g/mol. The quantitative estimate of drug-likeness (QED) is 0.928. The molecule has 0 bridgehead atoms. The molecule has 4 nitrogen and oxygen atoms in total. The molecule has 2 aromatic carbocycles. The molecule has 100 valence electrons. The van der Waals surface area contributed by atoms with E-state index in [2.05, 4.69) is 20.7 Å². The molecule has 0 aliphatic heterocycles. The van der Waals surface area contributed by atoms with E-state index in [9.17, 15) is 8.42 Å². The van der Waals surface area contributed by atoms with E-state index in [0.717, 1.165) is 4.47 Å². The van der Waals surface area contributed by atoms with Gasteiger partial charge < -0.3 is 4.74 Å². The van der Waals surface area contributed by atoms with Crippen LogP contribution in [0.1, 0.15) is 0 Å². The predicted molar refractivity (Wildman–Crippen MR) is 77.9 cm³/mol. The first-order valence-corrected chi connectivity index (χ1v) is 7.72. The Labute approximate surface area is 120 Å². The second-order valence-electron chi connectivity index (χ2n) is 3.77. The lowest BCUT2D eigenvalue weighted by Gasteiger charge is -2.10. The lowest BCUT2D eigenvalue weighted by molar-refractivity contribution is 0.412. The van der Waals surface area contributed by atoms with E-state index in [0.29, 0.717) is 11.4 Å². The summed E-state index contributed by atoms with van der Waals surface area (Å²) in [6.45, 7) is 0. The van der Waals surface area contributed by atoms with Crippen LogP contribution in [0, 0.1) is 0 Å². The van der Waals surface area contributed by atoms with Gasteiger partial charge in [-0.25, -0.2) is 8.42 Å². The van der Waals surface area contributed by atoms with Gasteiger partial charge in [0.05, 0.1) is 22.2 Å². The highest BCUT2D eigenvalue weighted by Crippen LogP contribution is 2.28. The summed E-state index contributed by atoms with van der Waals surface area (Å²) in [5.74, 6) is 0.563. The molecule has 0 amide bonds. The van der Waals surface area contributed by atoms with Gasteiger partial charge in [-0.15, -0.1) is 0 Å². The number of halogens is 1. The molecule has 1 N–H and O–H groups in total. The predicted octanol–water partition coefficient (Wildman–Crippen LogP) is 3.26. The zero-order valence-electron chi connectivity index (χ0n) is 10.1. The number of anilines is 1. The van der Waals surface area contributed by atoms with Crippen molar-refractivity contribution in [1.29, 1.82) is 0 Å². The SMILES string of the molecule is COc1cc(NS(=O)(=O)c2ccccc2)ccc1Br. The van der Waals surface area contributed by atoms with Crippen molar-refractivity contribution < 1.29 is 13.2 Å². The molecule has 0 saturated carbocycles. The van der Waals surface area contributed by atoms with Crippen molar-refractivity contribution >= 4 is 31.6 Å². The molecule has 0 radical (unpaired) electrons. The maximum atomic E-state index is 12.1. The van der Waals surface area contributed by atoms with Crippen LogP contribution in [0.2, 0.25) is 0 Å². The summed E-state index contributed by atoms with van der Waals surface area (Å²) < 4.78 is 32.6. The fourth-order valence-corrected chi connectivity index (χ4v) is 3.02. The second-order valence-corrected chi connectivity index (χ2v) is 6.30. The minimum atomic E-state index is -3.57. The van der Waals surface area contributed by atoms with Crippen LogP contribution in [0.15, 0.2) is 57.9 Å². The Kier molecular flexibility index (Phi) is 4.11. The largest absolute Gasteiger partial charge is 0.495 e. The summed E-state index contributed by atoms with van der Waals surface area (Å²) in [4.78, 5) is 0.219. The maximum Gasteiger partial charge on any atom is 0.261 e. The number of ether oxygens (including phenoxy) is 1. The first-order chi connectivity index (χ1) is 9.03. The van der Waals surface area contributed by atoms with Crippen LogP contribution in [0.3, 0.4) is 0 Å². The van der Waals surface area contributed by atoms with Crippen molar-refractivity contribution in [2.24, 2.45) is 0 Å². The number of hydrogen-bond donors (Lipinski definition) is 1. The van der Waals surface area contributed by atoms with Gasteiger partial charge in [0.2, 0.25) is 0 Å². The smallest absolute Gasteiger partial charge is 0.261 e. The Hall–Kier alpha value is -1.53. The molecule has 0 saturated heterocycles. The minimum Gasteiger partial charge on any atom is -0.495 e. The molecule has 0 aliphatic carbocycles. The van der Waals surface area contributed by atoms with Crippen LogP contribution >= 0.6 is 15.9 Å². The number of nitrogens with one attached hydrogen (secondary N) is 1. The normalized spacial score (nSPS) is 11.1. The highest BCUT2D eigenvalue weighted by molar-refractivity contribution is 9.10. The van der Waals surface area contributed by atoms with Gasteiger partial charge in [-0.1, -0.05) is 18.2 Å². The van der Waals surface area contributed by atoms with Gasteiger partial charge in [0.15, 0.2) is 0 Å². The first-order valence-electron chi connectivity index (χ1n) is 5.44. The Morgan fingerprint density at radius 1 is 1.11 bits per heavy atom. The van der Waals surface area contributed by atoms with E-state index >= 15 is 0 Å². The van der Waals surface area contributed by atoms with Gasteiger partial charge in [-0.3, -0.25) is 4.72 Å². The lowest BCUT2D eigenvalue weighted by Crippen LogP contribution is -2.12. The maximum absolute atomic E-state index is 12.1. The van der Waals surface area contributed by atoms with Crippen LogP contribution in [0.25, 0.3) is 0 Å². The number of sulfonamides is 1. The van der Waals surface area contributed by atoms with Crippen molar-refractivity contribution in [2.75, 3.05) is 11.8 Å². The molecular weight excluding hydrogens is 330 g/mol. The minimum absolute atomic E-state index is 0.219. The van der Waals surface area contributed by atoms with Gasteiger partial charge in [-0.2, -0.15) is 0 Å². The highest BCUT2D eigenvalue weighted by atomic mass is 79.9. The Morgan fingerprint density at radius 2 is 1.79 bits per heavy atom. The van der Waals surface area contributed by atoms with E-state index in [4.69, 9.17) is 4.74 Å². The summed E-state index contributed by atoms with van der Waals surface area (Å²) in [7, 11) is -2.05. The molecule has 2 aromatic rings. The van der Waals surface area contributed by atoms with Crippen LogP contribution in [-0.4, -0.2) is 15.5 Å². The standard InChI is InChI=1S/C13H12BrNO3S/c1-18-13-9-10(7-8-12(13)14)15-19(16,17)11-5-3-2-4-6-11/h2-9,15H,1H3. The molecule has 2 rings (SSSR count). The third-order valence-corrected chi connectivity index (χ3v) is 4.51. The van der Waals surface area contributed by atoms with E-state index in [1.54, 1.807) is 48.5 Å². The van der Waals surface area contributed by atoms with E-state index in [-0.39, 0.29) is 4.90 Å². The third-order valence-electron chi connectivity index (χ3n) is 2.46. The molecule has 0 aromatic heterocycles. The van der Waals surface area contributed by atoms with Crippen LogP contribution in [0.4, 0.5) is 5.69 Å². The first kappa shape index (κ1) is 13.9. The lowest BCUT2D eigenvalue weighted by atomic mass is 10.3. The number of rotatable bonds is 4. The second kappa shape index (κ2) is 5.63. The zero-order chi connectivity index (χ0) is 13.9. The summed E-state index contributed by atoms with van der Waals surface area (Å²) >= 11 is 3.31. The molecule has 0 atom stereocenters. The molecule has 6 heteroatoms. The molecule has 0 fully saturated rings. The van der Waals surface area contributed by atoms with Crippen LogP contribution in [0.5, 0.6) is 5.75 Å². The summed E-state index contributed by atoms with van der Waals surface area (Å²) in [5.41, 5.74) is 0.448. The topological polar surface area (TPSA) is 55.4 Å². The van der Waals surface area contributed by atoms with Gasteiger partial charge in [0.1, 0.15) is 5.75 Å². The molecule has 0 heterocycles. The Balaban J connectivity index is 2.31. The van der Waals surface area contributed by atoms with Crippen molar-refractivity contribution in [2.45, 2.75) is 4.90 Å².